The Morgan fingerprint density at radius 3 is 2.31 bits per heavy atom. The molecule has 1 aromatic carbocycles. The zero-order valence-electron chi connectivity index (χ0n) is 13.3. The number of hydrogen-bond donors (Lipinski definition) is 0. The van der Waals surface area contributed by atoms with Gasteiger partial charge in [-0.3, -0.25) is 0 Å². The molecule has 1 aliphatic rings. The third-order valence-electron chi connectivity index (χ3n) is 3.87. The molecule has 2 heterocycles. The zero-order chi connectivity index (χ0) is 18.9. The Hall–Kier alpha value is -0.710. The third-order valence-corrected chi connectivity index (χ3v) is 8.07. The topological polar surface area (TPSA) is 66.4 Å². The van der Waals surface area contributed by atoms with E-state index in [9.17, 15) is 12.8 Å². The van der Waals surface area contributed by atoms with Gasteiger partial charge in [0, 0.05) is 44.1 Å². The van der Waals surface area contributed by atoms with Crippen LogP contribution >= 0.6 is 46.3 Å². The average Bonchev–Trinajstić information content (AvgIpc) is 3.04. The minimum Gasteiger partial charge on any atom is -0.344 e. The van der Waals surface area contributed by atoms with Crippen molar-refractivity contribution >= 4 is 61.5 Å². The SMILES string of the molecule is O=S(=O)(N1CCN(c2nc(Cc3ccc(F)cc3)ns2)CC1)C(Cl)(Cl)Cl. The molecule has 1 saturated heterocycles. The predicted octanol–water partition coefficient (Wildman–Crippen LogP) is 3.05. The molecular weight excluding hydrogens is 446 g/mol. The van der Waals surface area contributed by atoms with E-state index in [1.165, 1.54) is 23.7 Å². The summed E-state index contributed by atoms with van der Waals surface area (Å²) < 4.78 is 40.3. The Kier molecular flexibility index (Phi) is 5.96. The van der Waals surface area contributed by atoms with Crippen LogP contribution in [-0.2, 0) is 16.4 Å². The molecule has 0 unspecified atom stereocenters. The Bertz CT molecular complexity index is 863. The lowest BCUT2D eigenvalue weighted by Gasteiger charge is -2.34. The molecule has 1 aliphatic heterocycles. The number of halogens is 4. The van der Waals surface area contributed by atoms with Crippen LogP contribution in [0.5, 0.6) is 0 Å². The summed E-state index contributed by atoms with van der Waals surface area (Å²) in [5, 5.41) is 0.702. The van der Waals surface area contributed by atoms with Crippen LogP contribution in [0.2, 0.25) is 0 Å². The van der Waals surface area contributed by atoms with Gasteiger partial charge in [0.2, 0.25) is 5.13 Å². The van der Waals surface area contributed by atoms with Crippen molar-refractivity contribution in [2.45, 2.75) is 9.55 Å². The maximum atomic E-state index is 13.0. The van der Waals surface area contributed by atoms with Crippen LogP contribution in [0.1, 0.15) is 11.4 Å². The molecule has 0 saturated carbocycles. The van der Waals surface area contributed by atoms with E-state index in [0.29, 0.717) is 30.5 Å². The van der Waals surface area contributed by atoms with E-state index in [1.807, 2.05) is 4.90 Å². The maximum absolute atomic E-state index is 13.0. The molecule has 0 N–H and O–H groups in total. The van der Waals surface area contributed by atoms with Gasteiger partial charge in [-0.2, -0.15) is 8.68 Å². The molecular formula is C14H14Cl3FN4O2S2. The van der Waals surface area contributed by atoms with Crippen molar-refractivity contribution in [1.29, 1.82) is 0 Å². The Morgan fingerprint density at radius 1 is 1.12 bits per heavy atom. The summed E-state index contributed by atoms with van der Waals surface area (Å²) in [6.07, 6.45) is 0.498. The highest BCUT2D eigenvalue weighted by Gasteiger charge is 2.43. The van der Waals surface area contributed by atoms with E-state index in [0.717, 1.165) is 9.87 Å². The number of benzene rings is 1. The van der Waals surface area contributed by atoms with E-state index < -0.39 is 13.1 Å². The maximum Gasteiger partial charge on any atom is 0.306 e. The smallest absolute Gasteiger partial charge is 0.306 e. The molecule has 1 aromatic heterocycles. The largest absolute Gasteiger partial charge is 0.344 e. The number of hydrogen-bond acceptors (Lipinski definition) is 6. The fraction of sp³-hybridized carbons (Fsp3) is 0.429. The lowest BCUT2D eigenvalue weighted by Crippen LogP contribution is -2.51. The fourth-order valence-electron chi connectivity index (χ4n) is 2.50. The molecule has 0 atom stereocenters. The minimum absolute atomic E-state index is 0.198. The van der Waals surface area contributed by atoms with Gasteiger partial charge in [0.25, 0.3) is 10.0 Å². The van der Waals surface area contributed by atoms with Crippen molar-refractivity contribution in [2.75, 3.05) is 31.1 Å². The van der Waals surface area contributed by atoms with Gasteiger partial charge in [-0.25, -0.2) is 17.8 Å². The highest BCUT2D eigenvalue weighted by molar-refractivity contribution is 7.95. The summed E-state index contributed by atoms with van der Waals surface area (Å²) in [6, 6.07) is 6.17. The average molecular weight is 460 g/mol. The van der Waals surface area contributed by atoms with E-state index in [4.69, 9.17) is 34.8 Å². The standard InChI is InChI=1S/C14H14Cl3FN4O2S2/c15-14(16,17)26(23,24)22-7-5-21(6-8-22)13-19-12(20-25-13)9-10-1-3-11(18)4-2-10/h1-4H,5-9H2. The van der Waals surface area contributed by atoms with Crippen LogP contribution in [0.15, 0.2) is 24.3 Å². The lowest BCUT2D eigenvalue weighted by molar-refractivity contribution is 0.384. The summed E-state index contributed by atoms with van der Waals surface area (Å²) >= 11 is 17.9. The summed E-state index contributed by atoms with van der Waals surface area (Å²) in [4.78, 5) is 6.42. The molecule has 26 heavy (non-hydrogen) atoms. The first-order valence-corrected chi connectivity index (χ1v) is 10.9. The Balaban J connectivity index is 1.62. The third kappa shape index (κ3) is 4.40. The van der Waals surface area contributed by atoms with Gasteiger partial charge in [-0.1, -0.05) is 46.9 Å². The molecule has 3 rings (SSSR count). The lowest BCUT2D eigenvalue weighted by atomic mass is 10.1. The molecule has 0 spiro atoms. The first-order chi connectivity index (χ1) is 12.2. The fourth-order valence-corrected chi connectivity index (χ4v) is 5.05. The molecule has 0 radical (unpaired) electrons. The summed E-state index contributed by atoms with van der Waals surface area (Å²) in [6.45, 7) is 1.24. The van der Waals surface area contributed by atoms with Gasteiger partial charge in [0.05, 0.1) is 0 Å². The Labute approximate surface area is 169 Å². The van der Waals surface area contributed by atoms with Crippen molar-refractivity contribution in [3.63, 3.8) is 0 Å². The van der Waals surface area contributed by atoms with Gasteiger partial charge in [-0.15, -0.1) is 0 Å². The number of aromatic nitrogens is 2. The highest BCUT2D eigenvalue weighted by atomic mass is 35.6. The number of piperazine rings is 1. The molecule has 6 nitrogen and oxygen atoms in total. The second-order valence-electron chi connectivity index (χ2n) is 5.63. The van der Waals surface area contributed by atoms with Crippen molar-refractivity contribution < 1.29 is 12.8 Å². The van der Waals surface area contributed by atoms with E-state index in [2.05, 4.69) is 9.36 Å². The number of nitrogens with zero attached hydrogens (tertiary/aromatic N) is 4. The van der Waals surface area contributed by atoms with Gasteiger partial charge in [-0.05, 0) is 17.7 Å². The number of alkyl halides is 3. The predicted molar refractivity (Wildman–Crippen MR) is 102 cm³/mol. The summed E-state index contributed by atoms with van der Waals surface area (Å²) in [5.74, 6) is 0.344. The van der Waals surface area contributed by atoms with Crippen molar-refractivity contribution in [3.8, 4) is 0 Å². The van der Waals surface area contributed by atoms with Gasteiger partial charge in [0.15, 0.2) is 0 Å². The molecule has 2 aromatic rings. The van der Waals surface area contributed by atoms with Crippen molar-refractivity contribution in [2.24, 2.45) is 0 Å². The number of sulfonamides is 1. The quantitative estimate of drug-likeness (QED) is 0.658. The molecule has 0 amide bonds. The molecule has 142 valence electrons. The summed E-state index contributed by atoms with van der Waals surface area (Å²) in [5.41, 5.74) is 0.911. The monoisotopic (exact) mass is 458 g/mol. The molecule has 0 aliphatic carbocycles. The first-order valence-electron chi connectivity index (χ1n) is 7.55. The Morgan fingerprint density at radius 2 is 1.73 bits per heavy atom. The van der Waals surface area contributed by atoms with Crippen LogP contribution in [0.25, 0.3) is 0 Å². The van der Waals surface area contributed by atoms with Gasteiger partial charge < -0.3 is 4.90 Å². The minimum atomic E-state index is -4.00. The zero-order valence-corrected chi connectivity index (χ0v) is 17.2. The molecule has 12 heteroatoms. The van der Waals surface area contributed by atoms with Crippen LogP contribution in [0.4, 0.5) is 9.52 Å². The number of rotatable bonds is 4. The second kappa shape index (κ2) is 7.73. The van der Waals surface area contributed by atoms with Crippen LogP contribution in [-0.4, -0.2) is 51.4 Å². The van der Waals surface area contributed by atoms with Crippen LogP contribution < -0.4 is 4.90 Å². The molecule has 1 fully saturated rings. The highest BCUT2D eigenvalue weighted by Crippen LogP contribution is 2.36. The van der Waals surface area contributed by atoms with Crippen LogP contribution in [0.3, 0.4) is 0 Å². The second-order valence-corrected chi connectivity index (χ2v) is 11.4. The normalized spacial score (nSPS) is 16.8. The molecule has 0 bridgehead atoms. The van der Waals surface area contributed by atoms with E-state index >= 15 is 0 Å². The van der Waals surface area contributed by atoms with E-state index in [-0.39, 0.29) is 18.9 Å². The van der Waals surface area contributed by atoms with Crippen molar-refractivity contribution in [1.82, 2.24) is 13.7 Å². The van der Waals surface area contributed by atoms with Crippen LogP contribution in [0, 0.1) is 5.82 Å². The van der Waals surface area contributed by atoms with Gasteiger partial charge in [0.1, 0.15) is 11.6 Å². The first kappa shape index (κ1) is 20.0. The summed E-state index contributed by atoms with van der Waals surface area (Å²) in [7, 11) is -4.00. The van der Waals surface area contributed by atoms with Crippen molar-refractivity contribution in [3.05, 3.63) is 41.5 Å². The van der Waals surface area contributed by atoms with Gasteiger partial charge >= 0.3 is 3.12 Å². The number of anilines is 1. The van der Waals surface area contributed by atoms with E-state index in [1.54, 1.807) is 12.1 Å².